The zero-order valence-corrected chi connectivity index (χ0v) is 15.0. The van der Waals surface area contributed by atoms with Crippen LogP contribution >= 0.6 is 0 Å². The first-order chi connectivity index (χ1) is 13.1. The molecule has 2 amide bonds. The van der Waals surface area contributed by atoms with E-state index >= 15 is 0 Å². The Morgan fingerprint density at radius 1 is 1.22 bits per heavy atom. The van der Waals surface area contributed by atoms with E-state index in [-0.39, 0.29) is 23.8 Å². The van der Waals surface area contributed by atoms with Gasteiger partial charge in [0, 0.05) is 63.8 Å². The molecule has 0 aliphatic carbocycles. The molecular weight excluding hydrogens is 346 g/mol. The summed E-state index contributed by atoms with van der Waals surface area (Å²) in [5.41, 5.74) is 0.806. The second-order valence-corrected chi connectivity index (χ2v) is 6.36. The van der Waals surface area contributed by atoms with E-state index in [2.05, 4.69) is 15.6 Å². The van der Waals surface area contributed by atoms with Crippen LogP contribution in [0.5, 0.6) is 0 Å². The summed E-state index contributed by atoms with van der Waals surface area (Å²) < 4.78 is 1.50. The van der Waals surface area contributed by atoms with Crippen molar-refractivity contribution in [2.24, 2.45) is 0 Å². The van der Waals surface area contributed by atoms with Gasteiger partial charge >= 0.3 is 0 Å². The highest BCUT2D eigenvalue weighted by atomic mass is 16.2. The van der Waals surface area contributed by atoms with E-state index in [0.29, 0.717) is 32.7 Å². The van der Waals surface area contributed by atoms with Crippen LogP contribution in [-0.4, -0.2) is 51.9 Å². The normalized spacial score (nSPS) is 16.7. The molecule has 3 rings (SSSR count). The van der Waals surface area contributed by atoms with Crippen molar-refractivity contribution >= 4 is 11.8 Å². The fourth-order valence-corrected chi connectivity index (χ4v) is 3.05. The van der Waals surface area contributed by atoms with Gasteiger partial charge in [0.15, 0.2) is 0 Å². The molecule has 1 aliphatic heterocycles. The summed E-state index contributed by atoms with van der Waals surface area (Å²) in [5.74, 6) is -0.319. The first-order valence-electron chi connectivity index (χ1n) is 8.97. The third kappa shape index (κ3) is 5.01. The molecule has 2 N–H and O–H groups in total. The number of carbonyl (C=O) groups is 2. The first-order valence-corrected chi connectivity index (χ1v) is 8.97. The number of nitrogens with zero attached hydrogens (tertiary/aromatic N) is 3. The van der Waals surface area contributed by atoms with Gasteiger partial charge in [-0.05, 0) is 23.8 Å². The summed E-state index contributed by atoms with van der Waals surface area (Å²) >= 11 is 0. The topological polar surface area (TPSA) is 96.3 Å². The SMILES string of the molecule is O=C(NCc1ccncc1)[C@@H]1CNCCN1C(=O)CCn1ccccc1=O. The Bertz CT molecular complexity index is 836. The van der Waals surface area contributed by atoms with E-state index < -0.39 is 6.04 Å². The molecule has 142 valence electrons. The van der Waals surface area contributed by atoms with Crippen molar-refractivity contribution in [1.29, 1.82) is 0 Å². The molecule has 3 heterocycles. The fraction of sp³-hybridized carbons (Fsp3) is 0.368. The van der Waals surface area contributed by atoms with Gasteiger partial charge in [0.2, 0.25) is 11.8 Å². The summed E-state index contributed by atoms with van der Waals surface area (Å²) in [4.78, 5) is 42.6. The highest BCUT2D eigenvalue weighted by Gasteiger charge is 2.31. The van der Waals surface area contributed by atoms with Gasteiger partial charge in [-0.15, -0.1) is 0 Å². The van der Waals surface area contributed by atoms with Crippen molar-refractivity contribution in [1.82, 2.24) is 25.1 Å². The summed E-state index contributed by atoms with van der Waals surface area (Å²) in [6.45, 7) is 2.22. The number of hydrogen-bond donors (Lipinski definition) is 2. The Morgan fingerprint density at radius 3 is 2.81 bits per heavy atom. The molecule has 0 radical (unpaired) electrons. The summed E-state index contributed by atoms with van der Waals surface area (Å²) in [7, 11) is 0. The Balaban J connectivity index is 1.58. The number of pyridine rings is 2. The van der Waals surface area contributed by atoms with Crippen LogP contribution in [0.4, 0.5) is 0 Å². The Morgan fingerprint density at radius 2 is 2.04 bits per heavy atom. The number of piperazine rings is 1. The van der Waals surface area contributed by atoms with Crippen LogP contribution in [0.2, 0.25) is 0 Å². The Labute approximate surface area is 157 Å². The third-order valence-corrected chi connectivity index (χ3v) is 4.55. The van der Waals surface area contributed by atoms with Crippen molar-refractivity contribution in [2.45, 2.75) is 25.6 Å². The van der Waals surface area contributed by atoms with E-state index in [0.717, 1.165) is 5.56 Å². The number of rotatable bonds is 6. The smallest absolute Gasteiger partial charge is 0.250 e. The average Bonchev–Trinajstić information content (AvgIpc) is 2.72. The van der Waals surface area contributed by atoms with E-state index in [9.17, 15) is 14.4 Å². The summed E-state index contributed by atoms with van der Waals surface area (Å²) in [5, 5.41) is 6.04. The van der Waals surface area contributed by atoms with Crippen LogP contribution in [0.25, 0.3) is 0 Å². The highest BCUT2D eigenvalue weighted by Crippen LogP contribution is 2.08. The number of amides is 2. The molecule has 0 aromatic carbocycles. The van der Waals surface area contributed by atoms with Crippen LogP contribution in [0, 0.1) is 0 Å². The predicted molar refractivity (Wildman–Crippen MR) is 99.8 cm³/mol. The molecule has 8 nitrogen and oxygen atoms in total. The lowest BCUT2D eigenvalue weighted by molar-refractivity contribution is -0.141. The zero-order valence-electron chi connectivity index (χ0n) is 15.0. The lowest BCUT2D eigenvalue weighted by Gasteiger charge is -2.35. The molecule has 1 atom stereocenters. The minimum absolute atomic E-state index is 0.128. The Kier molecular flexibility index (Phi) is 6.32. The second-order valence-electron chi connectivity index (χ2n) is 6.36. The molecule has 0 bridgehead atoms. The summed E-state index contributed by atoms with van der Waals surface area (Å²) in [6, 6.07) is 8.00. The molecule has 27 heavy (non-hydrogen) atoms. The van der Waals surface area contributed by atoms with Gasteiger partial charge in [0.25, 0.3) is 5.56 Å². The number of hydrogen-bond acceptors (Lipinski definition) is 5. The van der Waals surface area contributed by atoms with Crippen molar-refractivity contribution in [3.63, 3.8) is 0 Å². The maximum Gasteiger partial charge on any atom is 0.250 e. The molecule has 0 spiro atoms. The molecule has 0 unspecified atom stereocenters. The van der Waals surface area contributed by atoms with Gasteiger partial charge in [-0.3, -0.25) is 19.4 Å². The standard InChI is InChI=1S/C19H23N5O3/c25-17-3-1-2-10-23(17)11-6-18(26)24-12-9-21-14-16(24)19(27)22-13-15-4-7-20-8-5-15/h1-5,7-8,10,16,21H,6,9,11-14H2,(H,22,27)/t16-/m0/s1. The molecule has 2 aromatic rings. The van der Waals surface area contributed by atoms with Crippen LogP contribution < -0.4 is 16.2 Å². The second kappa shape index (κ2) is 9.09. The number of aryl methyl sites for hydroxylation is 1. The van der Waals surface area contributed by atoms with Gasteiger partial charge in [0.1, 0.15) is 6.04 Å². The maximum absolute atomic E-state index is 12.7. The van der Waals surface area contributed by atoms with Crippen molar-refractivity contribution < 1.29 is 9.59 Å². The van der Waals surface area contributed by atoms with Gasteiger partial charge in [-0.1, -0.05) is 6.07 Å². The maximum atomic E-state index is 12.7. The average molecular weight is 369 g/mol. The molecule has 0 saturated carbocycles. The molecular formula is C19H23N5O3. The first kappa shape index (κ1) is 18.8. The van der Waals surface area contributed by atoms with E-state index in [1.54, 1.807) is 35.6 Å². The third-order valence-electron chi connectivity index (χ3n) is 4.55. The lowest BCUT2D eigenvalue weighted by Crippen LogP contribution is -2.59. The van der Waals surface area contributed by atoms with Crippen molar-refractivity contribution in [3.05, 3.63) is 64.8 Å². The van der Waals surface area contributed by atoms with Gasteiger partial charge in [-0.2, -0.15) is 0 Å². The Hall–Kier alpha value is -3.00. The van der Waals surface area contributed by atoms with Crippen LogP contribution in [0.15, 0.2) is 53.7 Å². The number of nitrogens with one attached hydrogen (secondary N) is 2. The summed E-state index contributed by atoms with van der Waals surface area (Å²) in [6.07, 6.45) is 5.18. The van der Waals surface area contributed by atoms with Gasteiger partial charge < -0.3 is 20.1 Å². The fourth-order valence-electron chi connectivity index (χ4n) is 3.05. The van der Waals surface area contributed by atoms with Crippen LogP contribution in [0.1, 0.15) is 12.0 Å². The van der Waals surface area contributed by atoms with Gasteiger partial charge in [0.05, 0.1) is 0 Å². The highest BCUT2D eigenvalue weighted by molar-refractivity contribution is 5.88. The minimum atomic E-state index is -0.555. The van der Waals surface area contributed by atoms with Crippen LogP contribution in [-0.2, 0) is 22.7 Å². The van der Waals surface area contributed by atoms with E-state index in [1.165, 1.54) is 10.6 Å². The molecule has 2 aromatic heterocycles. The van der Waals surface area contributed by atoms with Gasteiger partial charge in [-0.25, -0.2) is 0 Å². The monoisotopic (exact) mass is 369 g/mol. The zero-order chi connectivity index (χ0) is 19.1. The van der Waals surface area contributed by atoms with E-state index in [1.807, 2.05) is 12.1 Å². The molecule has 8 heteroatoms. The number of carbonyl (C=O) groups excluding carboxylic acids is 2. The molecule has 1 fully saturated rings. The molecule has 1 aliphatic rings. The lowest BCUT2D eigenvalue weighted by atomic mass is 10.1. The quantitative estimate of drug-likeness (QED) is 0.732. The van der Waals surface area contributed by atoms with Crippen molar-refractivity contribution in [3.8, 4) is 0 Å². The van der Waals surface area contributed by atoms with Crippen LogP contribution in [0.3, 0.4) is 0 Å². The number of aromatic nitrogens is 2. The largest absolute Gasteiger partial charge is 0.350 e. The minimum Gasteiger partial charge on any atom is -0.350 e. The van der Waals surface area contributed by atoms with E-state index in [4.69, 9.17) is 0 Å². The van der Waals surface area contributed by atoms with Crippen molar-refractivity contribution in [2.75, 3.05) is 19.6 Å². The predicted octanol–water partition coefficient (Wildman–Crippen LogP) is -0.250. The molecule has 1 saturated heterocycles.